The van der Waals surface area contributed by atoms with Gasteiger partial charge in [-0.1, -0.05) is 12.1 Å². The third-order valence-corrected chi connectivity index (χ3v) is 11.2. The number of halogens is 3. The van der Waals surface area contributed by atoms with E-state index in [-0.39, 0.29) is 44.5 Å². The van der Waals surface area contributed by atoms with Crippen molar-refractivity contribution in [3.8, 4) is 11.5 Å². The van der Waals surface area contributed by atoms with Crippen molar-refractivity contribution >= 4 is 17.6 Å². The summed E-state index contributed by atoms with van der Waals surface area (Å²) in [6.07, 6.45) is -16.3. The number of aliphatic hydroxyl groups excluding tert-OH is 4. The lowest BCUT2D eigenvalue weighted by Crippen LogP contribution is -2.59. The van der Waals surface area contributed by atoms with Gasteiger partial charge in [0.25, 0.3) is 5.56 Å². The molecule has 2 aromatic carbocycles. The molecule has 0 radical (unpaired) electrons. The first kappa shape index (κ1) is 48.2. The van der Waals surface area contributed by atoms with Gasteiger partial charge in [0.2, 0.25) is 5.91 Å². The van der Waals surface area contributed by atoms with Gasteiger partial charge in [0, 0.05) is 70.1 Å². The molecule has 3 aliphatic heterocycles. The number of piperidine rings is 1. The van der Waals surface area contributed by atoms with Crippen molar-refractivity contribution in [2.24, 2.45) is 11.5 Å². The lowest BCUT2D eigenvalue weighted by molar-refractivity contribution is -0.274. The largest absolute Gasteiger partial charge is 0.573 e. The molecule has 352 valence electrons. The molecule has 3 amide bonds. The molecule has 0 bridgehead atoms. The van der Waals surface area contributed by atoms with Crippen LogP contribution in [-0.2, 0) is 25.5 Å². The van der Waals surface area contributed by atoms with E-state index in [0.29, 0.717) is 31.7 Å². The monoisotopic (exact) mass is 910 g/mol. The summed E-state index contributed by atoms with van der Waals surface area (Å²) in [7, 11) is 1.50. The fourth-order valence-electron chi connectivity index (χ4n) is 7.84. The number of H-pyrrole nitrogens is 1. The van der Waals surface area contributed by atoms with Gasteiger partial charge < -0.3 is 71.1 Å². The first-order chi connectivity index (χ1) is 30.4. The minimum atomic E-state index is -4.77. The Bertz CT molecular complexity index is 2120. The van der Waals surface area contributed by atoms with Gasteiger partial charge in [-0.3, -0.25) is 24.0 Å². The number of nitrogens with two attached hydrogens (primary N) is 2. The number of ether oxygens (including phenoxy) is 5. The second-order valence-electron chi connectivity index (χ2n) is 15.6. The number of aromatic amines is 1. The van der Waals surface area contributed by atoms with Crippen molar-refractivity contribution in [3.63, 3.8) is 0 Å². The fraction of sp³-hybridized carbons (Fsp3) is 0.550. The molecule has 4 heterocycles. The highest BCUT2D eigenvalue weighted by atomic mass is 19.4. The Morgan fingerprint density at radius 3 is 2.22 bits per heavy atom. The highest BCUT2D eigenvalue weighted by Gasteiger charge is 2.54. The van der Waals surface area contributed by atoms with E-state index < -0.39 is 90.8 Å². The number of likely N-dealkylation sites (N-methyl/N-ethyl adjacent to an activating group) is 1. The third kappa shape index (κ3) is 12.1. The number of carbonyl (C=O) groups is 2. The number of hydrogen-bond acceptors (Lipinski definition) is 16. The maximum Gasteiger partial charge on any atom is 0.573 e. The number of amides is 3. The molecule has 0 saturated carbocycles. The number of urea groups is 1. The summed E-state index contributed by atoms with van der Waals surface area (Å²) in [4.78, 5) is 55.7. The normalized spacial score (nSPS) is 26.1. The van der Waals surface area contributed by atoms with Crippen molar-refractivity contribution in [2.75, 3.05) is 44.7 Å². The average Bonchev–Trinajstić information content (AvgIpc) is 3.70. The Labute approximate surface area is 363 Å². The zero-order valence-corrected chi connectivity index (χ0v) is 34.6. The Balaban J connectivity index is 0.980. The van der Waals surface area contributed by atoms with Crippen LogP contribution in [0.5, 0.6) is 11.5 Å². The highest BCUT2D eigenvalue weighted by Crippen LogP contribution is 2.35. The summed E-state index contributed by atoms with van der Waals surface area (Å²) in [6, 6.07) is 12.0. The summed E-state index contributed by atoms with van der Waals surface area (Å²) in [5.41, 5.74) is 11.7. The van der Waals surface area contributed by atoms with Gasteiger partial charge in [0.15, 0.2) is 12.5 Å². The number of aromatic nitrogens is 2. The smallest absolute Gasteiger partial charge is 0.490 e. The molecule has 6 rings (SSSR count). The number of benzene rings is 2. The van der Waals surface area contributed by atoms with E-state index in [0.717, 1.165) is 28.1 Å². The van der Waals surface area contributed by atoms with E-state index in [4.69, 9.17) is 30.4 Å². The van der Waals surface area contributed by atoms with Crippen molar-refractivity contribution in [2.45, 2.75) is 99.6 Å². The van der Waals surface area contributed by atoms with Crippen LogP contribution in [0.1, 0.15) is 31.1 Å². The van der Waals surface area contributed by atoms with E-state index in [9.17, 15) is 52.8 Å². The lowest BCUT2D eigenvalue weighted by atomic mass is 9.97. The van der Waals surface area contributed by atoms with Crippen LogP contribution in [-0.4, -0.2) is 154 Å². The molecular weight excluding hydrogens is 857 g/mol. The van der Waals surface area contributed by atoms with Gasteiger partial charge in [-0.15, -0.1) is 13.2 Å². The second kappa shape index (κ2) is 21.1. The minimum Gasteiger partial charge on any atom is -0.490 e. The summed E-state index contributed by atoms with van der Waals surface area (Å²) in [6.45, 7) is 1.64. The fourth-order valence-corrected chi connectivity index (χ4v) is 7.84. The molecule has 2 unspecified atom stereocenters. The van der Waals surface area contributed by atoms with E-state index in [1.54, 1.807) is 0 Å². The lowest BCUT2D eigenvalue weighted by Gasteiger charge is -2.37. The molecule has 21 nitrogen and oxygen atoms in total. The molecule has 10 atom stereocenters. The van der Waals surface area contributed by atoms with Crippen LogP contribution in [0.25, 0.3) is 0 Å². The van der Waals surface area contributed by atoms with Crippen LogP contribution in [0.4, 0.5) is 23.7 Å². The number of primary amides is 1. The topological polar surface area (TPSA) is 299 Å². The van der Waals surface area contributed by atoms with Crippen LogP contribution in [0.3, 0.4) is 0 Å². The Kier molecular flexibility index (Phi) is 15.9. The molecule has 0 spiro atoms. The molecule has 3 aliphatic rings. The van der Waals surface area contributed by atoms with Gasteiger partial charge in [0.05, 0.1) is 0 Å². The van der Waals surface area contributed by atoms with Crippen LogP contribution in [0.15, 0.2) is 70.4 Å². The predicted molar refractivity (Wildman–Crippen MR) is 218 cm³/mol. The number of hydrogen-bond donors (Lipinski definition) is 9. The molecule has 3 fully saturated rings. The minimum absolute atomic E-state index is 0.1000. The molecule has 64 heavy (non-hydrogen) atoms. The maximum atomic E-state index is 13.1. The Hall–Kier alpha value is -5.31. The van der Waals surface area contributed by atoms with E-state index in [1.165, 1.54) is 36.2 Å². The standard InChI is InChI=1S/C40H53F3N8O13/c1-49(28(35(45)57)33(63-37-32(56)29(53)26(19-44)61-37)34-30(54)31(55)36(62-34)51-18-13-27(52)48-39(51)59)15-2-14-46-38(58)47-20-21-3-5-22(6-4-21)50-16-11-24(12-17-50)60-23-7-9-25(10-8-23)64-40(41,42)43/h3-10,13,18,24,26,28-34,36-37,53-56H,2,11-12,14-17,19-20,44H2,1H3,(H2,45,57)(H2,46,47,58)(H,48,52,59)/t26-,28+,29-,30?,31?,32-,33+,34+,36-,37+/m1/s1. The van der Waals surface area contributed by atoms with Crippen molar-refractivity contribution < 1.29 is 66.9 Å². The zero-order valence-electron chi connectivity index (χ0n) is 34.6. The molecular formula is C40H53F3N8O13. The van der Waals surface area contributed by atoms with Gasteiger partial charge in [-0.05, 0) is 55.4 Å². The Morgan fingerprint density at radius 1 is 0.938 bits per heavy atom. The average molecular weight is 911 g/mol. The maximum absolute atomic E-state index is 13.1. The number of nitrogens with zero attached hydrogens (tertiary/aromatic N) is 3. The third-order valence-electron chi connectivity index (χ3n) is 11.2. The summed E-state index contributed by atoms with van der Waals surface area (Å²) in [5.74, 6) is -0.849. The van der Waals surface area contributed by atoms with Crippen LogP contribution >= 0.6 is 0 Å². The van der Waals surface area contributed by atoms with E-state index >= 15 is 0 Å². The number of alkyl halides is 3. The van der Waals surface area contributed by atoms with Crippen molar-refractivity contribution in [3.05, 3.63) is 87.2 Å². The number of nitrogens with one attached hydrogen (secondary N) is 3. The van der Waals surface area contributed by atoms with Gasteiger partial charge in [0.1, 0.15) is 66.4 Å². The van der Waals surface area contributed by atoms with E-state index in [1.807, 2.05) is 29.2 Å². The van der Waals surface area contributed by atoms with Crippen molar-refractivity contribution in [1.82, 2.24) is 25.1 Å². The van der Waals surface area contributed by atoms with Gasteiger partial charge >= 0.3 is 18.1 Å². The van der Waals surface area contributed by atoms with Gasteiger partial charge in [-0.25, -0.2) is 9.59 Å². The zero-order chi connectivity index (χ0) is 46.3. The highest BCUT2D eigenvalue weighted by molar-refractivity contribution is 5.80. The Morgan fingerprint density at radius 2 is 1.61 bits per heavy atom. The quantitative estimate of drug-likeness (QED) is 0.0661. The number of aliphatic hydroxyl groups is 4. The second-order valence-corrected chi connectivity index (χ2v) is 15.6. The summed E-state index contributed by atoms with van der Waals surface area (Å²) >= 11 is 0. The van der Waals surface area contributed by atoms with Crippen LogP contribution in [0, 0.1) is 0 Å². The number of anilines is 1. The molecule has 24 heteroatoms. The predicted octanol–water partition coefficient (Wildman–Crippen LogP) is -1.43. The van der Waals surface area contributed by atoms with Crippen LogP contribution < -0.4 is 47.7 Å². The number of rotatable bonds is 18. The molecule has 1 aromatic heterocycles. The first-order valence-electron chi connectivity index (χ1n) is 20.5. The summed E-state index contributed by atoms with van der Waals surface area (Å²) < 4.78 is 65.5. The van der Waals surface area contributed by atoms with Crippen LogP contribution in [0.2, 0.25) is 0 Å². The SMILES string of the molecule is CN(CCCNC(=O)NCc1ccc(N2CCC(Oc3ccc(OC(F)(F)F)cc3)CC2)cc1)[C@H](C(N)=O)[C@H](O[C@@H]1O[C@H](CN)[C@@H](O)[C@H]1O)[C@H]1O[C@@H](n2ccc(=O)[nH]c2=O)C(O)C1O. The molecule has 11 N–H and O–H groups in total. The van der Waals surface area contributed by atoms with E-state index in [2.05, 4.69) is 20.3 Å². The van der Waals surface area contributed by atoms with Crippen molar-refractivity contribution in [1.29, 1.82) is 0 Å². The molecule has 3 aromatic rings. The van der Waals surface area contributed by atoms with Gasteiger partial charge in [-0.2, -0.15) is 0 Å². The number of carbonyl (C=O) groups excluding carboxylic acids is 2. The summed E-state index contributed by atoms with van der Waals surface area (Å²) in [5, 5.41) is 48.8. The molecule has 3 saturated heterocycles. The first-order valence-corrected chi connectivity index (χ1v) is 20.5. The molecule has 0 aliphatic carbocycles.